The van der Waals surface area contributed by atoms with Crippen molar-refractivity contribution >= 4 is 0 Å². The van der Waals surface area contributed by atoms with E-state index in [-0.39, 0.29) is 0 Å². The van der Waals surface area contributed by atoms with Crippen molar-refractivity contribution in [1.82, 2.24) is 19.5 Å². The maximum absolute atomic E-state index is 5.79. The van der Waals surface area contributed by atoms with Gasteiger partial charge in [0.05, 0.1) is 44.2 Å². The molecule has 0 saturated carbocycles. The van der Waals surface area contributed by atoms with E-state index < -0.39 is 0 Å². The molecule has 0 aliphatic carbocycles. The second-order valence-corrected chi connectivity index (χ2v) is 6.61. The number of ether oxygens (including phenoxy) is 2. The molecule has 6 heteroatoms. The van der Waals surface area contributed by atoms with Crippen molar-refractivity contribution in [2.45, 2.75) is 13.5 Å². The summed E-state index contributed by atoms with van der Waals surface area (Å²) in [7, 11) is 3.34. The molecule has 0 bridgehead atoms. The van der Waals surface area contributed by atoms with E-state index in [4.69, 9.17) is 14.5 Å². The number of benzene rings is 2. The molecule has 0 aliphatic heterocycles. The zero-order valence-electron chi connectivity index (χ0n) is 16.7. The molecule has 29 heavy (non-hydrogen) atoms. The Kier molecular flexibility index (Phi) is 5.24. The molecule has 146 valence electrons. The van der Waals surface area contributed by atoms with Gasteiger partial charge in [-0.15, -0.1) is 0 Å². The third-order valence-corrected chi connectivity index (χ3v) is 4.90. The van der Waals surface area contributed by atoms with Crippen LogP contribution in [0.15, 0.2) is 67.4 Å². The minimum absolute atomic E-state index is 0.575. The van der Waals surface area contributed by atoms with Gasteiger partial charge in [0.25, 0.3) is 0 Å². The summed E-state index contributed by atoms with van der Waals surface area (Å²) in [6, 6.07) is 16.0. The van der Waals surface area contributed by atoms with Gasteiger partial charge in [-0.3, -0.25) is 0 Å². The van der Waals surface area contributed by atoms with Crippen LogP contribution in [0.3, 0.4) is 0 Å². The molecular weight excluding hydrogens is 364 g/mol. The van der Waals surface area contributed by atoms with Gasteiger partial charge in [0.15, 0.2) is 0 Å². The fraction of sp³-hybridized carbons (Fsp3) is 0.174. The average molecular weight is 386 g/mol. The molecule has 0 aliphatic rings. The molecule has 2 heterocycles. The molecular formula is C23H22N4O2. The van der Waals surface area contributed by atoms with Gasteiger partial charge in [-0.1, -0.05) is 30.3 Å². The average Bonchev–Trinajstić information content (AvgIpc) is 3.18. The fourth-order valence-electron chi connectivity index (χ4n) is 3.52. The second kappa shape index (κ2) is 8.14. The lowest BCUT2D eigenvalue weighted by atomic mass is 10.0. The summed E-state index contributed by atoms with van der Waals surface area (Å²) in [6.45, 7) is 2.57. The third kappa shape index (κ3) is 3.57. The van der Waals surface area contributed by atoms with Gasteiger partial charge >= 0.3 is 0 Å². The van der Waals surface area contributed by atoms with Gasteiger partial charge < -0.3 is 14.0 Å². The van der Waals surface area contributed by atoms with E-state index in [0.717, 1.165) is 45.3 Å². The maximum atomic E-state index is 5.79. The Morgan fingerprint density at radius 3 is 2.45 bits per heavy atom. The minimum atomic E-state index is 0.575. The highest BCUT2D eigenvalue weighted by atomic mass is 16.5. The summed E-state index contributed by atoms with van der Waals surface area (Å²) in [5.74, 6) is 1.56. The van der Waals surface area contributed by atoms with Crippen LogP contribution in [-0.4, -0.2) is 33.7 Å². The normalized spacial score (nSPS) is 10.7. The highest BCUT2D eigenvalue weighted by Gasteiger charge is 2.21. The molecule has 0 spiro atoms. The lowest BCUT2D eigenvalue weighted by Crippen LogP contribution is -2.04. The first-order chi connectivity index (χ1) is 14.2. The maximum Gasteiger partial charge on any atom is 0.134 e. The van der Waals surface area contributed by atoms with Gasteiger partial charge in [0.2, 0.25) is 0 Å². The molecule has 6 nitrogen and oxygen atoms in total. The predicted molar refractivity (Wildman–Crippen MR) is 112 cm³/mol. The van der Waals surface area contributed by atoms with Crippen LogP contribution in [0.2, 0.25) is 0 Å². The molecule has 2 aromatic heterocycles. The largest absolute Gasteiger partial charge is 0.496 e. The number of hydrogen-bond acceptors (Lipinski definition) is 5. The Bertz CT molecular complexity index is 1110. The summed E-state index contributed by atoms with van der Waals surface area (Å²) in [4.78, 5) is 13.1. The van der Waals surface area contributed by atoms with Gasteiger partial charge in [-0.25, -0.2) is 15.0 Å². The first-order valence-corrected chi connectivity index (χ1v) is 9.30. The van der Waals surface area contributed by atoms with Crippen molar-refractivity contribution in [3.05, 3.63) is 78.6 Å². The molecule has 0 fully saturated rings. The molecule has 4 aromatic rings. The smallest absolute Gasteiger partial charge is 0.134 e. The van der Waals surface area contributed by atoms with Crippen molar-refractivity contribution in [3.8, 4) is 34.0 Å². The molecule has 0 amide bonds. The number of rotatable bonds is 6. The summed E-state index contributed by atoms with van der Waals surface area (Å²) in [5, 5.41) is 0. The van der Waals surface area contributed by atoms with Crippen molar-refractivity contribution in [1.29, 1.82) is 0 Å². The number of aromatic nitrogens is 4. The Morgan fingerprint density at radius 2 is 1.76 bits per heavy atom. The predicted octanol–water partition coefficient (Wildman–Crippen LogP) is 4.38. The van der Waals surface area contributed by atoms with Crippen LogP contribution in [0.1, 0.15) is 11.3 Å². The summed E-state index contributed by atoms with van der Waals surface area (Å²) < 4.78 is 13.4. The molecule has 0 N–H and O–H groups in total. The van der Waals surface area contributed by atoms with Crippen molar-refractivity contribution in [2.24, 2.45) is 0 Å². The molecule has 0 radical (unpaired) electrons. The summed E-state index contributed by atoms with van der Waals surface area (Å²) in [6.07, 6.45) is 5.15. The quantitative estimate of drug-likeness (QED) is 0.492. The standard InChI is InChI=1S/C23H22N4O2/c1-16-20(28-2)10-9-19(23(16)29-3)22-21(17-7-5-4-6-8-17)26-15-27(22)13-18-11-12-24-14-25-18/h4-12,14-15H,13H2,1-3H3. The monoisotopic (exact) mass is 386 g/mol. The Balaban J connectivity index is 1.93. The van der Waals surface area contributed by atoms with E-state index in [1.54, 1.807) is 26.7 Å². The van der Waals surface area contributed by atoms with E-state index in [9.17, 15) is 0 Å². The third-order valence-electron chi connectivity index (χ3n) is 4.90. The van der Waals surface area contributed by atoms with E-state index in [1.165, 1.54) is 0 Å². The summed E-state index contributed by atoms with van der Waals surface area (Å²) in [5.41, 5.74) is 5.71. The second-order valence-electron chi connectivity index (χ2n) is 6.61. The van der Waals surface area contributed by atoms with Crippen LogP contribution in [0, 0.1) is 6.92 Å². The molecule has 4 rings (SSSR count). The molecule has 0 unspecified atom stereocenters. The number of methoxy groups -OCH3 is 2. The van der Waals surface area contributed by atoms with Crippen molar-refractivity contribution < 1.29 is 9.47 Å². The Morgan fingerprint density at radius 1 is 0.931 bits per heavy atom. The van der Waals surface area contributed by atoms with E-state index in [2.05, 4.69) is 26.7 Å². The van der Waals surface area contributed by atoms with Gasteiger partial charge in [0.1, 0.15) is 17.8 Å². The number of imidazole rings is 1. The van der Waals surface area contributed by atoms with Gasteiger partial charge in [0, 0.05) is 22.9 Å². The zero-order chi connectivity index (χ0) is 20.2. The lowest BCUT2D eigenvalue weighted by Gasteiger charge is -2.17. The topological polar surface area (TPSA) is 62.1 Å². The van der Waals surface area contributed by atoms with Crippen LogP contribution >= 0.6 is 0 Å². The van der Waals surface area contributed by atoms with E-state index >= 15 is 0 Å². The van der Waals surface area contributed by atoms with Crippen LogP contribution in [0.4, 0.5) is 0 Å². The summed E-state index contributed by atoms with van der Waals surface area (Å²) >= 11 is 0. The van der Waals surface area contributed by atoms with Crippen LogP contribution in [0.5, 0.6) is 11.5 Å². The first-order valence-electron chi connectivity index (χ1n) is 9.30. The van der Waals surface area contributed by atoms with Crippen LogP contribution in [-0.2, 0) is 6.54 Å². The highest BCUT2D eigenvalue weighted by molar-refractivity contribution is 5.83. The number of hydrogen-bond donors (Lipinski definition) is 0. The fourth-order valence-corrected chi connectivity index (χ4v) is 3.52. The van der Waals surface area contributed by atoms with Crippen LogP contribution in [0.25, 0.3) is 22.5 Å². The molecule has 0 atom stereocenters. The van der Waals surface area contributed by atoms with E-state index in [0.29, 0.717) is 6.54 Å². The van der Waals surface area contributed by atoms with Gasteiger partial charge in [-0.05, 0) is 25.1 Å². The Labute approximate surface area is 169 Å². The number of nitrogens with zero attached hydrogens (tertiary/aromatic N) is 4. The van der Waals surface area contributed by atoms with E-state index in [1.807, 2.05) is 49.6 Å². The lowest BCUT2D eigenvalue weighted by molar-refractivity contribution is 0.389. The van der Waals surface area contributed by atoms with Gasteiger partial charge in [-0.2, -0.15) is 0 Å². The first kappa shape index (κ1) is 18.7. The molecule has 2 aromatic carbocycles. The zero-order valence-corrected chi connectivity index (χ0v) is 16.7. The molecule has 0 saturated heterocycles. The van der Waals surface area contributed by atoms with Crippen LogP contribution < -0.4 is 9.47 Å². The highest BCUT2D eigenvalue weighted by Crippen LogP contribution is 2.41. The van der Waals surface area contributed by atoms with Crippen molar-refractivity contribution in [2.75, 3.05) is 14.2 Å². The Hall–Kier alpha value is -3.67. The SMILES string of the molecule is COc1ccc(-c2c(-c3ccccc3)ncn2Cc2ccncn2)c(OC)c1C. The van der Waals surface area contributed by atoms with Crippen molar-refractivity contribution in [3.63, 3.8) is 0 Å². The minimum Gasteiger partial charge on any atom is -0.496 e.